The van der Waals surface area contributed by atoms with Crippen LogP contribution in [0.25, 0.3) is 0 Å². The fourth-order valence-corrected chi connectivity index (χ4v) is 3.27. The van der Waals surface area contributed by atoms with E-state index in [1.165, 1.54) is 10.4 Å². The van der Waals surface area contributed by atoms with Crippen LogP contribution in [0.5, 0.6) is 5.88 Å². The average molecular weight is 341 g/mol. The van der Waals surface area contributed by atoms with E-state index in [1.807, 2.05) is 18.3 Å². The smallest absolute Gasteiger partial charge is 0.213 e. The monoisotopic (exact) mass is 340 g/mol. The zero-order valence-corrected chi connectivity index (χ0v) is 14.2. The van der Waals surface area contributed by atoms with E-state index < -0.39 is 0 Å². The van der Waals surface area contributed by atoms with Crippen molar-refractivity contribution in [2.45, 2.75) is 32.4 Å². The lowest BCUT2D eigenvalue weighted by atomic mass is 10.1. The summed E-state index contributed by atoms with van der Waals surface area (Å²) in [6, 6.07) is 3.97. The van der Waals surface area contributed by atoms with Crippen molar-refractivity contribution in [3.63, 3.8) is 0 Å². The zero-order chi connectivity index (χ0) is 14.7. The van der Waals surface area contributed by atoms with Gasteiger partial charge in [0.15, 0.2) is 5.13 Å². The van der Waals surface area contributed by atoms with Gasteiger partial charge in [0, 0.05) is 43.0 Å². The quantitative estimate of drug-likeness (QED) is 0.927. The highest BCUT2D eigenvalue weighted by atomic mass is 35.5. The minimum absolute atomic E-state index is 0. The first-order valence-electron chi connectivity index (χ1n) is 7.21. The van der Waals surface area contributed by atoms with Crippen LogP contribution in [0.3, 0.4) is 0 Å². The van der Waals surface area contributed by atoms with Gasteiger partial charge in [-0.1, -0.05) is 0 Å². The molecule has 0 aromatic carbocycles. The third-order valence-electron chi connectivity index (χ3n) is 3.66. The third-order valence-corrected chi connectivity index (χ3v) is 4.47. The molecule has 1 fully saturated rings. The Hall–Kier alpha value is -1.37. The Bertz CT molecular complexity index is 599. The van der Waals surface area contributed by atoms with Crippen LogP contribution in [-0.2, 0) is 6.54 Å². The summed E-state index contributed by atoms with van der Waals surface area (Å²) in [5.41, 5.74) is 6.85. The number of likely N-dealkylation sites (tertiary alicyclic amines) is 1. The summed E-state index contributed by atoms with van der Waals surface area (Å²) in [6.45, 7) is 5.06. The molecule has 2 N–H and O–H groups in total. The predicted octanol–water partition coefficient (Wildman–Crippen LogP) is 2.89. The van der Waals surface area contributed by atoms with Crippen LogP contribution in [0, 0.1) is 6.92 Å². The fraction of sp³-hybridized carbons (Fsp3) is 0.467. The van der Waals surface area contributed by atoms with Crippen molar-refractivity contribution in [1.29, 1.82) is 0 Å². The van der Waals surface area contributed by atoms with Gasteiger partial charge in [0.05, 0.1) is 0 Å². The van der Waals surface area contributed by atoms with Crippen LogP contribution in [0.2, 0.25) is 0 Å². The summed E-state index contributed by atoms with van der Waals surface area (Å²) in [4.78, 5) is 12.0. The molecule has 0 amide bonds. The molecule has 7 heteroatoms. The number of hydrogen-bond donors (Lipinski definition) is 1. The Labute approximate surface area is 140 Å². The molecule has 0 radical (unpaired) electrons. The van der Waals surface area contributed by atoms with Gasteiger partial charge >= 0.3 is 0 Å². The maximum atomic E-state index is 5.97. The highest BCUT2D eigenvalue weighted by molar-refractivity contribution is 7.15. The SMILES string of the molecule is Cc1ccnc(OC2CCN(Cc3cnc(N)s3)CC2)c1.Cl. The Morgan fingerprint density at radius 2 is 2.14 bits per heavy atom. The second kappa shape index (κ2) is 7.76. The molecule has 1 aliphatic heterocycles. The van der Waals surface area contributed by atoms with E-state index in [0.29, 0.717) is 5.13 Å². The van der Waals surface area contributed by atoms with Crippen LogP contribution in [0.4, 0.5) is 5.13 Å². The molecule has 3 rings (SSSR count). The molecule has 2 aromatic rings. The molecule has 0 bridgehead atoms. The summed E-state index contributed by atoms with van der Waals surface area (Å²) in [7, 11) is 0. The number of thiazole rings is 1. The van der Waals surface area contributed by atoms with Gasteiger partial charge < -0.3 is 10.5 Å². The van der Waals surface area contributed by atoms with Crippen LogP contribution < -0.4 is 10.5 Å². The van der Waals surface area contributed by atoms with Crippen LogP contribution in [0.1, 0.15) is 23.3 Å². The maximum absolute atomic E-state index is 5.97. The number of rotatable bonds is 4. The molecule has 1 saturated heterocycles. The molecule has 2 aromatic heterocycles. The summed E-state index contributed by atoms with van der Waals surface area (Å²) in [5, 5.41) is 0.647. The van der Waals surface area contributed by atoms with Gasteiger partial charge in [-0.15, -0.1) is 23.7 Å². The average Bonchev–Trinajstić information content (AvgIpc) is 2.86. The van der Waals surface area contributed by atoms with Crippen LogP contribution in [0.15, 0.2) is 24.5 Å². The van der Waals surface area contributed by atoms with Gasteiger partial charge in [-0.25, -0.2) is 9.97 Å². The Balaban J connectivity index is 0.00000176. The Kier molecular flexibility index (Phi) is 5.99. The highest BCUT2D eigenvalue weighted by Gasteiger charge is 2.21. The van der Waals surface area contributed by atoms with E-state index in [4.69, 9.17) is 10.5 Å². The Morgan fingerprint density at radius 1 is 1.36 bits per heavy atom. The number of halogens is 1. The zero-order valence-electron chi connectivity index (χ0n) is 12.6. The van der Waals surface area contributed by atoms with Gasteiger partial charge in [0.25, 0.3) is 0 Å². The lowest BCUT2D eigenvalue weighted by Gasteiger charge is -2.31. The lowest BCUT2D eigenvalue weighted by Crippen LogP contribution is -2.37. The third kappa shape index (κ3) is 4.56. The number of nitrogens with two attached hydrogens (primary N) is 1. The molecule has 5 nitrogen and oxygen atoms in total. The normalized spacial score (nSPS) is 16.2. The first kappa shape index (κ1) is 17.0. The van der Waals surface area contributed by atoms with E-state index >= 15 is 0 Å². The van der Waals surface area contributed by atoms with Gasteiger partial charge in [-0.05, 0) is 31.4 Å². The number of anilines is 1. The summed E-state index contributed by atoms with van der Waals surface area (Å²) >= 11 is 1.57. The fourth-order valence-electron chi connectivity index (χ4n) is 2.55. The van der Waals surface area contributed by atoms with Gasteiger partial charge in [0.2, 0.25) is 5.88 Å². The van der Waals surface area contributed by atoms with E-state index in [-0.39, 0.29) is 18.5 Å². The molecule has 1 aliphatic rings. The van der Waals surface area contributed by atoms with Gasteiger partial charge in [0.1, 0.15) is 6.10 Å². The van der Waals surface area contributed by atoms with Crippen molar-refractivity contribution in [2.24, 2.45) is 0 Å². The lowest BCUT2D eigenvalue weighted by molar-refractivity contribution is 0.0937. The summed E-state index contributed by atoms with van der Waals surface area (Å²) in [6.07, 6.45) is 6.00. The molecule has 3 heterocycles. The number of nitrogen functional groups attached to an aromatic ring is 1. The highest BCUT2D eigenvalue weighted by Crippen LogP contribution is 2.21. The topological polar surface area (TPSA) is 64.3 Å². The van der Waals surface area contributed by atoms with Crippen molar-refractivity contribution >= 4 is 28.9 Å². The van der Waals surface area contributed by atoms with E-state index in [0.717, 1.165) is 38.4 Å². The standard InChI is InChI=1S/C15H20N4OS.ClH/c1-11-2-5-17-14(8-11)20-12-3-6-19(7-4-12)10-13-9-18-15(16)21-13;/h2,5,8-9,12H,3-4,6-7,10H2,1H3,(H2,16,18);1H. The molecule has 0 spiro atoms. The van der Waals surface area contributed by atoms with Crippen molar-refractivity contribution in [3.8, 4) is 5.88 Å². The number of aromatic nitrogens is 2. The minimum atomic E-state index is 0. The summed E-state index contributed by atoms with van der Waals surface area (Å²) in [5.74, 6) is 0.740. The Morgan fingerprint density at radius 3 is 2.77 bits per heavy atom. The molecule has 0 saturated carbocycles. The molecule has 0 unspecified atom stereocenters. The van der Waals surface area contributed by atoms with E-state index in [1.54, 1.807) is 17.5 Å². The molecular formula is C15H21ClN4OS. The predicted molar refractivity (Wildman–Crippen MR) is 91.7 cm³/mol. The number of pyridine rings is 1. The van der Waals surface area contributed by atoms with Crippen LogP contribution >= 0.6 is 23.7 Å². The van der Waals surface area contributed by atoms with Crippen molar-refractivity contribution in [1.82, 2.24) is 14.9 Å². The number of piperidine rings is 1. The maximum Gasteiger partial charge on any atom is 0.213 e. The van der Waals surface area contributed by atoms with Gasteiger partial charge in [-0.3, -0.25) is 4.90 Å². The van der Waals surface area contributed by atoms with Crippen LogP contribution in [-0.4, -0.2) is 34.1 Å². The second-order valence-corrected chi connectivity index (χ2v) is 6.58. The van der Waals surface area contributed by atoms with E-state index in [2.05, 4.69) is 21.8 Å². The number of ether oxygens (including phenoxy) is 1. The first-order valence-corrected chi connectivity index (χ1v) is 8.02. The molecule has 0 aliphatic carbocycles. The molecule has 22 heavy (non-hydrogen) atoms. The number of hydrogen-bond acceptors (Lipinski definition) is 6. The van der Waals surface area contributed by atoms with Crippen molar-refractivity contribution in [2.75, 3.05) is 18.8 Å². The van der Waals surface area contributed by atoms with Crippen molar-refractivity contribution in [3.05, 3.63) is 35.0 Å². The minimum Gasteiger partial charge on any atom is -0.474 e. The largest absolute Gasteiger partial charge is 0.474 e. The molecular weight excluding hydrogens is 320 g/mol. The number of nitrogens with zero attached hydrogens (tertiary/aromatic N) is 3. The van der Waals surface area contributed by atoms with E-state index in [9.17, 15) is 0 Å². The molecule has 120 valence electrons. The molecule has 0 atom stereocenters. The number of aryl methyl sites for hydroxylation is 1. The van der Waals surface area contributed by atoms with Gasteiger partial charge in [-0.2, -0.15) is 0 Å². The summed E-state index contributed by atoms with van der Waals surface area (Å²) < 4.78 is 5.97. The first-order chi connectivity index (χ1) is 10.2. The van der Waals surface area contributed by atoms with Crippen molar-refractivity contribution < 1.29 is 4.74 Å². The second-order valence-electron chi connectivity index (χ2n) is 5.43.